The van der Waals surface area contributed by atoms with E-state index in [1.807, 2.05) is 13.8 Å². The van der Waals surface area contributed by atoms with E-state index in [1.165, 1.54) is 23.1 Å². The van der Waals surface area contributed by atoms with Gasteiger partial charge in [0.1, 0.15) is 0 Å². The minimum absolute atomic E-state index is 0.00207. The zero-order chi connectivity index (χ0) is 20.5. The van der Waals surface area contributed by atoms with Crippen LogP contribution in [0, 0.1) is 5.41 Å². The lowest BCUT2D eigenvalue weighted by Crippen LogP contribution is -2.45. The lowest BCUT2D eigenvalue weighted by atomic mass is 9.70. The summed E-state index contributed by atoms with van der Waals surface area (Å²) >= 11 is 0. The van der Waals surface area contributed by atoms with Gasteiger partial charge < -0.3 is 4.90 Å². The minimum atomic E-state index is -5.54. The van der Waals surface area contributed by atoms with Crippen LogP contribution >= 0.6 is 0 Å². The van der Waals surface area contributed by atoms with Crippen molar-refractivity contribution in [1.29, 1.82) is 0 Å². The maximum absolute atomic E-state index is 12.7. The van der Waals surface area contributed by atoms with Gasteiger partial charge in [-0.3, -0.25) is 9.52 Å². The summed E-state index contributed by atoms with van der Waals surface area (Å²) in [5.41, 5.74) is -5.10. The molecule has 1 N–H and O–H groups in total. The predicted octanol–water partition coefficient (Wildman–Crippen LogP) is 4.04. The molecule has 150 valence electrons. The number of anilines is 1. The van der Waals surface area contributed by atoms with E-state index >= 15 is 0 Å². The number of nitrogens with one attached hydrogen (secondary N) is 1. The summed E-state index contributed by atoms with van der Waals surface area (Å²) in [5.74, 6) is -0.251. The van der Waals surface area contributed by atoms with E-state index in [0.29, 0.717) is 18.5 Å². The Bertz CT molecular complexity index is 830. The molecule has 1 aromatic rings. The van der Waals surface area contributed by atoms with Gasteiger partial charge in [0.2, 0.25) is 5.91 Å². The summed E-state index contributed by atoms with van der Waals surface area (Å²) < 4.78 is 62.4. The predicted molar refractivity (Wildman–Crippen MR) is 97.2 cm³/mol. The highest BCUT2D eigenvalue weighted by Crippen LogP contribution is 2.42. The molecule has 1 fully saturated rings. The van der Waals surface area contributed by atoms with E-state index < -0.39 is 15.5 Å². The first-order valence-corrected chi connectivity index (χ1v) is 10.1. The zero-order valence-electron chi connectivity index (χ0n) is 15.3. The molecule has 9 heteroatoms. The number of nitrogens with zero attached hydrogens (tertiary/aromatic N) is 1. The Kier molecular flexibility index (Phi) is 5.94. The fourth-order valence-electron chi connectivity index (χ4n) is 3.37. The molecule has 0 unspecified atom stereocenters. The molecule has 27 heavy (non-hydrogen) atoms. The summed E-state index contributed by atoms with van der Waals surface area (Å²) in [7, 11) is -5.54. The third-order valence-electron chi connectivity index (χ3n) is 5.33. The van der Waals surface area contributed by atoms with Crippen molar-refractivity contribution < 1.29 is 26.4 Å². The van der Waals surface area contributed by atoms with Crippen LogP contribution in [0.2, 0.25) is 0 Å². The number of carbonyl (C=O) groups excluding carboxylic acids is 1. The highest BCUT2D eigenvalue weighted by Gasteiger charge is 2.46. The number of benzene rings is 1. The van der Waals surface area contributed by atoms with Crippen LogP contribution in [-0.4, -0.2) is 31.3 Å². The number of likely N-dealkylation sites (tertiary alicyclic amines) is 1. The Hall–Kier alpha value is -2.03. The van der Waals surface area contributed by atoms with Gasteiger partial charge in [0, 0.05) is 24.1 Å². The Morgan fingerprint density at radius 1 is 1.22 bits per heavy atom. The minimum Gasteiger partial charge on any atom is -0.334 e. The van der Waals surface area contributed by atoms with Gasteiger partial charge in [-0.05, 0) is 30.9 Å². The van der Waals surface area contributed by atoms with Gasteiger partial charge in [-0.1, -0.05) is 38.6 Å². The number of carbonyl (C=O) groups is 1. The fourth-order valence-corrected chi connectivity index (χ4v) is 3.97. The monoisotopic (exact) mass is 404 g/mol. The second kappa shape index (κ2) is 7.53. The molecule has 1 aromatic carbocycles. The number of hydrogen-bond donors (Lipinski definition) is 1. The molecule has 1 aliphatic heterocycles. The zero-order valence-corrected chi connectivity index (χ0v) is 16.1. The van der Waals surface area contributed by atoms with Gasteiger partial charge in [-0.2, -0.15) is 21.6 Å². The van der Waals surface area contributed by atoms with Gasteiger partial charge in [-0.25, -0.2) is 0 Å². The molecule has 1 saturated heterocycles. The summed E-state index contributed by atoms with van der Waals surface area (Å²) in [5, 5.41) is 0. The van der Waals surface area contributed by atoms with Crippen LogP contribution in [0.1, 0.15) is 38.7 Å². The number of para-hydroxylation sites is 1. The summed E-state index contributed by atoms with van der Waals surface area (Å²) in [6.45, 7) is 8.37. The third-order valence-corrected chi connectivity index (χ3v) is 6.43. The van der Waals surface area contributed by atoms with Crippen molar-refractivity contribution in [3.63, 3.8) is 0 Å². The molecule has 0 atom stereocenters. The Morgan fingerprint density at radius 2 is 1.81 bits per heavy atom. The molecule has 0 aromatic heterocycles. The van der Waals surface area contributed by atoms with Gasteiger partial charge in [0.25, 0.3) is 0 Å². The number of amides is 1. The molecular formula is C18H23F3N2O3S. The molecule has 5 nitrogen and oxygen atoms in total. The normalized spacial score (nSPS) is 17.9. The van der Waals surface area contributed by atoms with E-state index in [1.54, 1.807) is 10.8 Å². The molecule has 0 aliphatic carbocycles. The average Bonchev–Trinajstić information content (AvgIpc) is 2.60. The first kappa shape index (κ1) is 21.3. The number of piperidine rings is 1. The smallest absolute Gasteiger partial charge is 0.334 e. The van der Waals surface area contributed by atoms with Crippen molar-refractivity contribution >= 4 is 21.6 Å². The van der Waals surface area contributed by atoms with Gasteiger partial charge >= 0.3 is 15.5 Å². The van der Waals surface area contributed by atoms with Crippen molar-refractivity contribution in [2.75, 3.05) is 11.3 Å². The highest BCUT2D eigenvalue weighted by atomic mass is 32.2. The highest BCUT2D eigenvalue weighted by molar-refractivity contribution is 7.93. The van der Waals surface area contributed by atoms with E-state index in [-0.39, 0.29) is 29.1 Å². The van der Waals surface area contributed by atoms with E-state index in [2.05, 4.69) is 6.58 Å². The summed E-state index contributed by atoms with van der Waals surface area (Å²) in [6, 6.07) is 5.73. The van der Waals surface area contributed by atoms with Crippen LogP contribution in [0.15, 0.2) is 36.4 Å². The lowest BCUT2D eigenvalue weighted by Gasteiger charge is -2.42. The number of halogens is 3. The van der Waals surface area contributed by atoms with Crippen LogP contribution in [0.25, 0.3) is 0 Å². The quantitative estimate of drug-likeness (QED) is 0.728. The lowest BCUT2D eigenvalue weighted by molar-refractivity contribution is -0.132. The van der Waals surface area contributed by atoms with Crippen LogP contribution < -0.4 is 4.72 Å². The second-order valence-electron chi connectivity index (χ2n) is 6.65. The molecule has 0 bridgehead atoms. The first-order chi connectivity index (χ1) is 12.5. The first-order valence-electron chi connectivity index (χ1n) is 8.63. The Balaban J connectivity index is 2.25. The van der Waals surface area contributed by atoms with E-state index in [9.17, 15) is 26.4 Å². The van der Waals surface area contributed by atoms with Crippen molar-refractivity contribution in [1.82, 2.24) is 4.90 Å². The number of sulfonamides is 1. The van der Waals surface area contributed by atoms with Gasteiger partial charge in [0.05, 0.1) is 5.69 Å². The molecule has 0 spiro atoms. The van der Waals surface area contributed by atoms with Crippen LogP contribution in [0.5, 0.6) is 0 Å². The number of alkyl halides is 3. The third kappa shape index (κ3) is 4.12. The Morgan fingerprint density at radius 3 is 2.37 bits per heavy atom. The van der Waals surface area contributed by atoms with Crippen molar-refractivity contribution in [3.05, 3.63) is 42.0 Å². The Labute approximate surface area is 157 Å². The molecule has 0 saturated carbocycles. The standard InChI is InChI=1S/C18H23F3N2O3S/c1-4-17(5-2)10-11-23(16(24)13(17)3)12-14-8-6-7-9-15(14)22-27(25,26)18(19,20)21/h6-9,22H,3-5,10-12H2,1-2H3. The molecule has 1 aliphatic rings. The maximum atomic E-state index is 12.7. The van der Waals surface area contributed by atoms with Crippen molar-refractivity contribution in [2.45, 2.75) is 45.2 Å². The fraction of sp³-hybridized carbons (Fsp3) is 0.500. The molecular weight excluding hydrogens is 381 g/mol. The van der Waals surface area contributed by atoms with Crippen LogP contribution in [0.4, 0.5) is 18.9 Å². The summed E-state index contributed by atoms with van der Waals surface area (Å²) in [4.78, 5) is 14.2. The average molecular weight is 404 g/mol. The van der Waals surface area contributed by atoms with Crippen LogP contribution in [-0.2, 0) is 21.4 Å². The van der Waals surface area contributed by atoms with Gasteiger partial charge in [-0.15, -0.1) is 0 Å². The van der Waals surface area contributed by atoms with Crippen molar-refractivity contribution in [2.24, 2.45) is 5.41 Å². The van der Waals surface area contributed by atoms with E-state index in [4.69, 9.17) is 0 Å². The topological polar surface area (TPSA) is 66.5 Å². The molecule has 2 rings (SSSR count). The summed E-state index contributed by atoms with van der Waals surface area (Å²) in [6.07, 6.45) is 2.27. The number of rotatable bonds is 6. The molecule has 1 amide bonds. The SMILES string of the molecule is C=C1C(=O)N(Cc2ccccc2NS(=O)(=O)C(F)(F)F)CCC1(CC)CC. The largest absolute Gasteiger partial charge is 0.516 e. The molecule has 0 radical (unpaired) electrons. The second-order valence-corrected chi connectivity index (χ2v) is 8.32. The maximum Gasteiger partial charge on any atom is 0.516 e. The van der Waals surface area contributed by atoms with Crippen LogP contribution in [0.3, 0.4) is 0 Å². The van der Waals surface area contributed by atoms with Gasteiger partial charge in [0.15, 0.2) is 0 Å². The van der Waals surface area contributed by atoms with Crippen molar-refractivity contribution in [3.8, 4) is 0 Å². The number of hydrogen-bond acceptors (Lipinski definition) is 3. The molecule has 1 heterocycles. The van der Waals surface area contributed by atoms with E-state index in [0.717, 1.165) is 12.8 Å².